The Balaban J connectivity index is 2.35. The fourth-order valence-corrected chi connectivity index (χ4v) is 1.62. The highest BCUT2D eigenvalue weighted by Gasteiger charge is 2.01. The second kappa shape index (κ2) is 6.16. The summed E-state index contributed by atoms with van der Waals surface area (Å²) in [5.41, 5.74) is 2.44. The largest absolute Gasteiger partial charge is 0.481 e. The summed E-state index contributed by atoms with van der Waals surface area (Å²) in [6.45, 7) is 2.97. The highest BCUT2D eigenvalue weighted by atomic mass is 16.4. The number of carbonyl (C=O) groups is 1. The van der Waals surface area contributed by atoms with Gasteiger partial charge in [0.1, 0.15) is 0 Å². The van der Waals surface area contributed by atoms with E-state index >= 15 is 0 Å². The summed E-state index contributed by atoms with van der Waals surface area (Å²) in [7, 11) is 2.04. The van der Waals surface area contributed by atoms with Crippen LogP contribution in [-0.4, -0.2) is 24.7 Å². The van der Waals surface area contributed by atoms with Gasteiger partial charge in [-0.1, -0.05) is 12.1 Å². The van der Waals surface area contributed by atoms with Crippen LogP contribution in [0.4, 0.5) is 5.69 Å². The van der Waals surface area contributed by atoms with Gasteiger partial charge in [0.05, 0.1) is 0 Å². The van der Waals surface area contributed by atoms with Gasteiger partial charge in [0.15, 0.2) is 0 Å². The van der Waals surface area contributed by atoms with Gasteiger partial charge in [-0.05, 0) is 37.5 Å². The molecule has 0 fully saturated rings. The fraction of sp³-hybridized carbons (Fsp3) is 0.462. The molecule has 1 N–H and O–H groups in total. The first kappa shape index (κ1) is 12.6. The minimum Gasteiger partial charge on any atom is -0.481 e. The zero-order chi connectivity index (χ0) is 12.0. The number of carboxylic acid groups (broad SMARTS) is 1. The van der Waals surface area contributed by atoms with E-state index in [2.05, 4.69) is 30.0 Å². The summed E-state index contributed by atoms with van der Waals surface area (Å²) < 4.78 is 0. The predicted molar refractivity (Wildman–Crippen MR) is 65.9 cm³/mol. The second-order valence-corrected chi connectivity index (χ2v) is 4.11. The molecule has 0 saturated carbocycles. The normalized spacial score (nSPS) is 10.1. The van der Waals surface area contributed by atoms with E-state index in [0.29, 0.717) is 0 Å². The van der Waals surface area contributed by atoms with Crippen LogP contribution in [0.2, 0.25) is 0 Å². The monoisotopic (exact) mass is 221 g/mol. The van der Waals surface area contributed by atoms with Gasteiger partial charge in [-0.2, -0.15) is 0 Å². The average Bonchev–Trinajstić information content (AvgIpc) is 2.24. The molecule has 1 aromatic rings. The first-order valence-corrected chi connectivity index (χ1v) is 5.59. The van der Waals surface area contributed by atoms with Crippen molar-refractivity contribution in [1.29, 1.82) is 0 Å². The highest BCUT2D eigenvalue weighted by molar-refractivity contribution is 5.66. The third kappa shape index (κ3) is 4.34. The molecule has 1 rings (SSSR count). The predicted octanol–water partition coefficient (Wildman–Crippen LogP) is 2.69. The van der Waals surface area contributed by atoms with Gasteiger partial charge in [0.2, 0.25) is 0 Å². The fourth-order valence-electron chi connectivity index (χ4n) is 1.62. The Morgan fingerprint density at radius 2 is 2.12 bits per heavy atom. The molecule has 16 heavy (non-hydrogen) atoms. The van der Waals surface area contributed by atoms with E-state index in [-0.39, 0.29) is 6.42 Å². The molecule has 0 radical (unpaired) electrons. The number of anilines is 1. The van der Waals surface area contributed by atoms with Gasteiger partial charge in [0.25, 0.3) is 0 Å². The number of unbranched alkanes of at least 4 members (excludes halogenated alkanes) is 1. The van der Waals surface area contributed by atoms with Crippen molar-refractivity contribution in [3.8, 4) is 0 Å². The van der Waals surface area contributed by atoms with Crippen LogP contribution in [-0.2, 0) is 4.79 Å². The maximum absolute atomic E-state index is 10.3. The summed E-state index contributed by atoms with van der Waals surface area (Å²) in [5.74, 6) is -0.710. The smallest absolute Gasteiger partial charge is 0.303 e. The standard InChI is InChI=1S/C13H19NO2/c1-11-6-5-7-12(10-11)14(2)9-4-3-8-13(15)16/h5-7,10H,3-4,8-9H2,1-2H3,(H,15,16). The molecule has 0 aliphatic heterocycles. The minimum atomic E-state index is -0.710. The summed E-state index contributed by atoms with van der Waals surface area (Å²) in [4.78, 5) is 12.5. The van der Waals surface area contributed by atoms with Crippen LogP contribution in [0.3, 0.4) is 0 Å². The van der Waals surface area contributed by atoms with Gasteiger partial charge < -0.3 is 10.0 Å². The number of aliphatic carboxylic acids is 1. The number of nitrogens with zero attached hydrogens (tertiary/aromatic N) is 1. The number of benzene rings is 1. The van der Waals surface area contributed by atoms with E-state index in [0.717, 1.165) is 19.4 Å². The molecule has 0 bridgehead atoms. The van der Waals surface area contributed by atoms with Crippen molar-refractivity contribution in [2.75, 3.05) is 18.5 Å². The summed E-state index contributed by atoms with van der Waals surface area (Å²) >= 11 is 0. The van der Waals surface area contributed by atoms with Crippen LogP contribution in [0.25, 0.3) is 0 Å². The van der Waals surface area contributed by atoms with E-state index in [4.69, 9.17) is 5.11 Å². The Morgan fingerprint density at radius 3 is 2.75 bits per heavy atom. The number of aryl methyl sites for hydroxylation is 1. The lowest BCUT2D eigenvalue weighted by Crippen LogP contribution is -2.18. The molecular formula is C13H19NO2. The van der Waals surface area contributed by atoms with Crippen molar-refractivity contribution >= 4 is 11.7 Å². The first-order chi connectivity index (χ1) is 7.59. The van der Waals surface area contributed by atoms with Gasteiger partial charge in [-0.3, -0.25) is 4.79 Å². The average molecular weight is 221 g/mol. The van der Waals surface area contributed by atoms with Crippen LogP contribution in [0.15, 0.2) is 24.3 Å². The maximum atomic E-state index is 10.3. The van der Waals surface area contributed by atoms with Crippen molar-refractivity contribution in [3.05, 3.63) is 29.8 Å². The molecule has 0 unspecified atom stereocenters. The molecule has 0 atom stereocenters. The molecule has 0 aromatic heterocycles. The SMILES string of the molecule is Cc1cccc(N(C)CCCCC(=O)O)c1. The molecule has 3 nitrogen and oxygen atoms in total. The molecule has 0 spiro atoms. The van der Waals surface area contributed by atoms with E-state index in [1.54, 1.807) is 0 Å². The lowest BCUT2D eigenvalue weighted by Gasteiger charge is -2.19. The molecule has 88 valence electrons. The van der Waals surface area contributed by atoms with Crippen LogP contribution in [0, 0.1) is 6.92 Å². The number of hydrogen-bond acceptors (Lipinski definition) is 2. The van der Waals surface area contributed by atoms with E-state index in [1.807, 2.05) is 13.1 Å². The number of hydrogen-bond donors (Lipinski definition) is 1. The maximum Gasteiger partial charge on any atom is 0.303 e. The van der Waals surface area contributed by atoms with Crippen LogP contribution in [0.5, 0.6) is 0 Å². The lowest BCUT2D eigenvalue weighted by molar-refractivity contribution is -0.137. The Hall–Kier alpha value is -1.51. The van der Waals surface area contributed by atoms with Crippen molar-refractivity contribution in [3.63, 3.8) is 0 Å². The third-order valence-corrected chi connectivity index (χ3v) is 2.58. The van der Waals surface area contributed by atoms with Crippen molar-refractivity contribution in [2.45, 2.75) is 26.2 Å². The first-order valence-electron chi connectivity index (χ1n) is 5.59. The zero-order valence-electron chi connectivity index (χ0n) is 9.94. The van der Waals surface area contributed by atoms with Crippen LogP contribution in [0.1, 0.15) is 24.8 Å². The van der Waals surface area contributed by atoms with Crippen molar-refractivity contribution in [2.24, 2.45) is 0 Å². The molecule has 3 heteroatoms. The molecule has 0 aliphatic rings. The third-order valence-electron chi connectivity index (χ3n) is 2.58. The quantitative estimate of drug-likeness (QED) is 0.751. The Kier molecular flexibility index (Phi) is 4.83. The van der Waals surface area contributed by atoms with E-state index in [9.17, 15) is 4.79 Å². The number of rotatable bonds is 6. The highest BCUT2D eigenvalue weighted by Crippen LogP contribution is 2.14. The molecule has 0 amide bonds. The number of carboxylic acids is 1. The van der Waals surface area contributed by atoms with Gasteiger partial charge in [-0.25, -0.2) is 0 Å². The Morgan fingerprint density at radius 1 is 1.38 bits per heavy atom. The summed E-state index contributed by atoms with van der Waals surface area (Å²) in [5, 5.41) is 8.52. The van der Waals surface area contributed by atoms with E-state index in [1.165, 1.54) is 11.3 Å². The minimum absolute atomic E-state index is 0.266. The van der Waals surface area contributed by atoms with E-state index < -0.39 is 5.97 Å². The molecule has 0 aliphatic carbocycles. The lowest BCUT2D eigenvalue weighted by atomic mass is 10.2. The van der Waals surface area contributed by atoms with Crippen LogP contribution < -0.4 is 4.90 Å². The molecule has 0 heterocycles. The topological polar surface area (TPSA) is 40.5 Å². The van der Waals surface area contributed by atoms with Gasteiger partial charge in [-0.15, -0.1) is 0 Å². The van der Waals surface area contributed by atoms with Crippen molar-refractivity contribution in [1.82, 2.24) is 0 Å². The van der Waals surface area contributed by atoms with Crippen molar-refractivity contribution < 1.29 is 9.90 Å². The summed E-state index contributed by atoms with van der Waals surface area (Å²) in [6.07, 6.45) is 1.92. The Bertz CT molecular complexity index is 350. The van der Waals surface area contributed by atoms with Gasteiger partial charge >= 0.3 is 5.97 Å². The van der Waals surface area contributed by atoms with Gasteiger partial charge in [0, 0.05) is 25.7 Å². The second-order valence-electron chi connectivity index (χ2n) is 4.11. The molecule has 0 saturated heterocycles. The summed E-state index contributed by atoms with van der Waals surface area (Å²) in [6, 6.07) is 8.32. The zero-order valence-corrected chi connectivity index (χ0v) is 9.94. The molecular weight excluding hydrogens is 202 g/mol. The molecule has 1 aromatic carbocycles. The van der Waals surface area contributed by atoms with Crippen LogP contribution >= 0.6 is 0 Å². The Labute approximate surface area is 96.7 Å².